The molecule has 114 valence electrons. The van der Waals surface area contributed by atoms with Gasteiger partial charge in [0.1, 0.15) is 15.6 Å². The van der Waals surface area contributed by atoms with E-state index < -0.39 is 0 Å². The highest BCUT2D eigenvalue weighted by Crippen LogP contribution is 2.30. The Kier molecular flexibility index (Phi) is 3.48. The number of thiazole rings is 1. The van der Waals surface area contributed by atoms with Gasteiger partial charge in [0.25, 0.3) is 0 Å². The van der Waals surface area contributed by atoms with Gasteiger partial charge in [0, 0.05) is 29.9 Å². The molecule has 0 saturated heterocycles. The molecule has 0 saturated carbocycles. The molecule has 0 spiro atoms. The number of hydrogen-bond acceptors (Lipinski definition) is 5. The number of fused-ring (bicyclic) bond motifs is 1. The van der Waals surface area contributed by atoms with Crippen LogP contribution in [-0.2, 0) is 7.05 Å². The van der Waals surface area contributed by atoms with E-state index in [0.717, 1.165) is 26.5 Å². The zero-order valence-electron chi connectivity index (χ0n) is 12.1. The standard InChI is InChI=1S/C16H11ClN4OS/c1-21-9-10(7-19-21)16-18-8-11(23-16)6-12(17)15-20-13-4-2-3-5-14(13)22-15/h2-9H,1H3. The van der Waals surface area contributed by atoms with Gasteiger partial charge in [-0.15, -0.1) is 11.3 Å². The molecule has 0 bridgehead atoms. The smallest absolute Gasteiger partial charge is 0.238 e. The van der Waals surface area contributed by atoms with E-state index >= 15 is 0 Å². The summed E-state index contributed by atoms with van der Waals surface area (Å²) in [5.74, 6) is 0.407. The normalized spacial score (nSPS) is 12.2. The molecule has 0 atom stereocenters. The van der Waals surface area contributed by atoms with Crippen molar-refractivity contribution in [3.8, 4) is 10.6 Å². The maximum atomic E-state index is 6.34. The SMILES string of the molecule is Cn1cc(-c2ncc(C=C(Cl)c3nc4ccccc4o3)s2)cn1. The molecule has 0 unspecified atom stereocenters. The van der Waals surface area contributed by atoms with Gasteiger partial charge < -0.3 is 4.42 Å². The minimum absolute atomic E-state index is 0.407. The van der Waals surface area contributed by atoms with Crippen molar-refractivity contribution in [2.24, 2.45) is 7.05 Å². The van der Waals surface area contributed by atoms with Crippen molar-refractivity contribution >= 4 is 45.1 Å². The molecule has 0 N–H and O–H groups in total. The van der Waals surface area contributed by atoms with Crippen LogP contribution in [0.5, 0.6) is 0 Å². The number of benzene rings is 1. The van der Waals surface area contributed by atoms with Crippen molar-refractivity contribution in [3.63, 3.8) is 0 Å². The van der Waals surface area contributed by atoms with Gasteiger partial charge in [-0.3, -0.25) is 4.68 Å². The largest absolute Gasteiger partial charge is 0.435 e. The van der Waals surface area contributed by atoms with Gasteiger partial charge in [0.05, 0.1) is 6.20 Å². The van der Waals surface area contributed by atoms with E-state index in [0.29, 0.717) is 10.9 Å². The Morgan fingerprint density at radius 2 is 2.17 bits per heavy atom. The second-order valence-corrected chi connectivity index (χ2v) is 6.42. The lowest BCUT2D eigenvalue weighted by Gasteiger charge is -1.90. The van der Waals surface area contributed by atoms with E-state index in [1.165, 1.54) is 11.3 Å². The van der Waals surface area contributed by atoms with E-state index in [2.05, 4.69) is 15.1 Å². The van der Waals surface area contributed by atoms with E-state index in [-0.39, 0.29) is 0 Å². The molecule has 0 fully saturated rings. The number of oxazole rings is 1. The highest BCUT2D eigenvalue weighted by atomic mass is 35.5. The second kappa shape index (κ2) is 5.64. The van der Waals surface area contributed by atoms with Crippen LogP contribution in [-0.4, -0.2) is 19.7 Å². The minimum atomic E-state index is 0.407. The minimum Gasteiger partial charge on any atom is -0.435 e. The molecule has 4 aromatic rings. The summed E-state index contributed by atoms with van der Waals surface area (Å²) in [5, 5.41) is 5.49. The number of para-hydroxylation sites is 2. The number of rotatable bonds is 3. The lowest BCUT2D eigenvalue weighted by molar-refractivity contribution is 0.588. The third-order valence-corrected chi connectivity index (χ3v) is 4.51. The number of hydrogen-bond donors (Lipinski definition) is 0. The van der Waals surface area contributed by atoms with Crippen LogP contribution in [0.25, 0.3) is 32.8 Å². The van der Waals surface area contributed by atoms with Crippen LogP contribution in [0.15, 0.2) is 47.3 Å². The van der Waals surface area contributed by atoms with E-state index in [1.54, 1.807) is 17.1 Å². The van der Waals surface area contributed by atoms with Crippen LogP contribution in [0, 0.1) is 0 Å². The third kappa shape index (κ3) is 2.78. The van der Waals surface area contributed by atoms with Crippen molar-refractivity contribution < 1.29 is 4.42 Å². The Bertz CT molecular complexity index is 981. The highest BCUT2D eigenvalue weighted by Gasteiger charge is 2.10. The summed E-state index contributed by atoms with van der Waals surface area (Å²) in [6.07, 6.45) is 7.30. The molecule has 7 heteroatoms. The lowest BCUT2D eigenvalue weighted by atomic mass is 10.3. The first kappa shape index (κ1) is 14.2. The average molecular weight is 343 g/mol. The fraction of sp³-hybridized carbons (Fsp3) is 0.0625. The fourth-order valence-electron chi connectivity index (χ4n) is 2.18. The first-order valence-electron chi connectivity index (χ1n) is 6.87. The zero-order valence-corrected chi connectivity index (χ0v) is 13.7. The van der Waals surface area contributed by atoms with Crippen molar-refractivity contribution in [1.29, 1.82) is 0 Å². The number of halogens is 1. The fourth-order valence-corrected chi connectivity index (χ4v) is 3.28. The van der Waals surface area contributed by atoms with Crippen LogP contribution >= 0.6 is 22.9 Å². The molecule has 0 amide bonds. The lowest BCUT2D eigenvalue weighted by Crippen LogP contribution is -1.83. The molecular weight excluding hydrogens is 332 g/mol. The summed E-state index contributed by atoms with van der Waals surface area (Å²) in [6, 6.07) is 7.57. The maximum absolute atomic E-state index is 6.34. The van der Waals surface area contributed by atoms with Gasteiger partial charge in [-0.2, -0.15) is 5.10 Å². The van der Waals surface area contributed by atoms with E-state index in [1.807, 2.05) is 43.6 Å². The van der Waals surface area contributed by atoms with Gasteiger partial charge in [-0.05, 0) is 18.2 Å². The third-order valence-electron chi connectivity index (χ3n) is 3.24. The second-order valence-electron chi connectivity index (χ2n) is 4.95. The molecular formula is C16H11ClN4OS. The summed E-state index contributed by atoms with van der Waals surface area (Å²) in [4.78, 5) is 9.71. The van der Waals surface area contributed by atoms with Gasteiger partial charge in [-0.1, -0.05) is 23.7 Å². The van der Waals surface area contributed by atoms with E-state index in [9.17, 15) is 0 Å². The molecule has 3 aromatic heterocycles. The Hall–Kier alpha value is -2.44. The molecule has 3 heterocycles. The molecule has 4 rings (SSSR count). The quantitative estimate of drug-likeness (QED) is 0.553. The van der Waals surface area contributed by atoms with Gasteiger partial charge in [0.2, 0.25) is 5.89 Å². The van der Waals surface area contributed by atoms with Gasteiger partial charge in [-0.25, -0.2) is 9.97 Å². The molecule has 0 aliphatic heterocycles. The van der Waals surface area contributed by atoms with Crippen LogP contribution in [0.2, 0.25) is 0 Å². The summed E-state index contributed by atoms with van der Waals surface area (Å²) in [5.41, 5.74) is 2.49. The van der Waals surface area contributed by atoms with Crippen LogP contribution in [0.3, 0.4) is 0 Å². The van der Waals surface area contributed by atoms with Gasteiger partial charge in [0.15, 0.2) is 5.58 Å². The number of aryl methyl sites for hydroxylation is 1. The first-order valence-corrected chi connectivity index (χ1v) is 8.06. The maximum Gasteiger partial charge on any atom is 0.238 e. The topological polar surface area (TPSA) is 56.7 Å². The van der Waals surface area contributed by atoms with Crippen molar-refractivity contribution in [2.45, 2.75) is 0 Å². The zero-order chi connectivity index (χ0) is 15.8. The van der Waals surface area contributed by atoms with Crippen molar-refractivity contribution in [3.05, 3.63) is 53.6 Å². The van der Waals surface area contributed by atoms with Crippen LogP contribution in [0.4, 0.5) is 0 Å². The Labute approximate surface area is 140 Å². The Morgan fingerprint density at radius 1 is 1.30 bits per heavy atom. The highest BCUT2D eigenvalue weighted by molar-refractivity contribution is 7.16. The molecule has 0 aliphatic rings. The summed E-state index contributed by atoms with van der Waals surface area (Å²) in [6.45, 7) is 0. The predicted molar refractivity (Wildman–Crippen MR) is 92.0 cm³/mol. The molecule has 5 nitrogen and oxygen atoms in total. The van der Waals surface area contributed by atoms with Gasteiger partial charge >= 0.3 is 0 Å². The Balaban J connectivity index is 1.65. The monoisotopic (exact) mass is 342 g/mol. The first-order chi connectivity index (χ1) is 11.2. The van der Waals surface area contributed by atoms with Crippen molar-refractivity contribution in [2.75, 3.05) is 0 Å². The summed E-state index contributed by atoms with van der Waals surface area (Å²) in [7, 11) is 1.88. The number of aromatic nitrogens is 4. The summed E-state index contributed by atoms with van der Waals surface area (Å²) >= 11 is 7.87. The van der Waals surface area contributed by atoms with Crippen LogP contribution < -0.4 is 0 Å². The van der Waals surface area contributed by atoms with E-state index in [4.69, 9.17) is 16.0 Å². The number of nitrogens with zero attached hydrogens (tertiary/aromatic N) is 4. The average Bonchev–Trinajstić information content (AvgIpc) is 3.25. The Morgan fingerprint density at radius 3 is 2.96 bits per heavy atom. The van der Waals surface area contributed by atoms with Crippen molar-refractivity contribution in [1.82, 2.24) is 19.7 Å². The van der Waals surface area contributed by atoms with Crippen LogP contribution in [0.1, 0.15) is 10.8 Å². The predicted octanol–water partition coefficient (Wildman–Crippen LogP) is 4.42. The molecule has 0 aliphatic carbocycles. The molecule has 0 radical (unpaired) electrons. The molecule has 1 aromatic carbocycles. The summed E-state index contributed by atoms with van der Waals surface area (Å²) < 4.78 is 7.40. The molecule has 23 heavy (non-hydrogen) atoms.